The summed E-state index contributed by atoms with van der Waals surface area (Å²) >= 11 is 0. The number of amides is 2. The van der Waals surface area contributed by atoms with E-state index in [9.17, 15) is 4.79 Å². The van der Waals surface area contributed by atoms with Gasteiger partial charge in [0.2, 0.25) is 0 Å². The van der Waals surface area contributed by atoms with E-state index in [1.165, 1.54) is 11.1 Å². The highest BCUT2D eigenvalue weighted by atomic mass is 16.3. The number of rotatable bonds is 8. The van der Waals surface area contributed by atoms with E-state index in [4.69, 9.17) is 5.11 Å². The zero-order chi connectivity index (χ0) is 16.3. The van der Waals surface area contributed by atoms with Crippen molar-refractivity contribution in [2.45, 2.75) is 18.8 Å². The highest BCUT2D eigenvalue weighted by Gasteiger charge is 2.13. The maximum atomic E-state index is 11.8. The largest absolute Gasteiger partial charge is 0.396 e. The van der Waals surface area contributed by atoms with Crippen LogP contribution in [0.5, 0.6) is 0 Å². The molecule has 122 valence electrons. The second-order valence-electron chi connectivity index (χ2n) is 5.51. The van der Waals surface area contributed by atoms with Crippen molar-refractivity contribution in [2.24, 2.45) is 0 Å². The number of hydrogen-bond donors (Lipinski definition) is 3. The molecule has 0 spiro atoms. The lowest BCUT2D eigenvalue weighted by Gasteiger charge is -2.18. The van der Waals surface area contributed by atoms with Crippen LogP contribution in [-0.4, -0.2) is 30.8 Å². The molecule has 0 bridgehead atoms. The van der Waals surface area contributed by atoms with Gasteiger partial charge in [-0.2, -0.15) is 0 Å². The Morgan fingerprint density at radius 3 is 2.26 bits per heavy atom. The number of benzene rings is 2. The van der Waals surface area contributed by atoms with Gasteiger partial charge in [0.1, 0.15) is 0 Å². The fourth-order valence-corrected chi connectivity index (χ4v) is 2.49. The molecule has 3 N–H and O–H groups in total. The van der Waals surface area contributed by atoms with Crippen LogP contribution in [0.3, 0.4) is 0 Å². The van der Waals surface area contributed by atoms with E-state index >= 15 is 0 Å². The summed E-state index contributed by atoms with van der Waals surface area (Å²) in [6.07, 6.45) is 1.45. The summed E-state index contributed by atoms with van der Waals surface area (Å²) in [5.74, 6) is 0.224. The molecule has 0 fully saturated rings. The molecule has 0 aliphatic rings. The Hall–Kier alpha value is -2.33. The van der Waals surface area contributed by atoms with E-state index in [1.807, 2.05) is 36.4 Å². The minimum atomic E-state index is -0.188. The van der Waals surface area contributed by atoms with Gasteiger partial charge in [0.05, 0.1) is 0 Å². The topological polar surface area (TPSA) is 61.4 Å². The molecule has 23 heavy (non-hydrogen) atoms. The smallest absolute Gasteiger partial charge is 0.314 e. The Morgan fingerprint density at radius 1 is 0.957 bits per heavy atom. The van der Waals surface area contributed by atoms with Crippen molar-refractivity contribution >= 4 is 6.03 Å². The van der Waals surface area contributed by atoms with E-state index in [0.717, 1.165) is 6.42 Å². The Labute approximate surface area is 137 Å². The SMILES string of the molecule is O=C(NCCCO)NCC(Cc1ccccc1)c1ccccc1. The average molecular weight is 312 g/mol. The predicted molar refractivity (Wildman–Crippen MR) is 92.4 cm³/mol. The Bertz CT molecular complexity index is 572. The Balaban J connectivity index is 1.95. The summed E-state index contributed by atoms with van der Waals surface area (Å²) in [5.41, 5.74) is 2.47. The lowest BCUT2D eigenvalue weighted by atomic mass is 9.92. The highest BCUT2D eigenvalue weighted by molar-refractivity contribution is 5.73. The van der Waals surface area contributed by atoms with Gasteiger partial charge in [-0.15, -0.1) is 0 Å². The molecular weight excluding hydrogens is 288 g/mol. The molecule has 0 radical (unpaired) electrons. The van der Waals surface area contributed by atoms with E-state index in [1.54, 1.807) is 0 Å². The number of hydrogen-bond acceptors (Lipinski definition) is 2. The van der Waals surface area contributed by atoms with Crippen LogP contribution in [0.1, 0.15) is 23.5 Å². The van der Waals surface area contributed by atoms with Crippen LogP contribution < -0.4 is 10.6 Å². The molecule has 1 atom stereocenters. The number of carbonyl (C=O) groups excluding carboxylic acids is 1. The van der Waals surface area contributed by atoms with Gasteiger partial charge < -0.3 is 15.7 Å². The van der Waals surface area contributed by atoms with Crippen molar-refractivity contribution in [1.29, 1.82) is 0 Å². The van der Waals surface area contributed by atoms with Gasteiger partial charge in [0.25, 0.3) is 0 Å². The van der Waals surface area contributed by atoms with Crippen molar-refractivity contribution in [3.05, 3.63) is 71.8 Å². The summed E-state index contributed by atoms with van der Waals surface area (Å²) in [4.78, 5) is 11.8. The number of urea groups is 1. The number of aliphatic hydroxyl groups excluding tert-OH is 1. The van der Waals surface area contributed by atoms with Crippen LogP contribution in [0.15, 0.2) is 60.7 Å². The van der Waals surface area contributed by atoms with Gasteiger partial charge in [-0.05, 0) is 24.0 Å². The summed E-state index contributed by atoms with van der Waals surface area (Å²) in [7, 11) is 0. The molecule has 4 nitrogen and oxygen atoms in total. The minimum absolute atomic E-state index is 0.0843. The molecule has 0 saturated carbocycles. The van der Waals surface area contributed by atoms with Gasteiger partial charge in [-0.25, -0.2) is 4.79 Å². The van der Waals surface area contributed by atoms with Crippen molar-refractivity contribution in [3.63, 3.8) is 0 Å². The second-order valence-corrected chi connectivity index (χ2v) is 5.51. The predicted octanol–water partition coefficient (Wildman–Crippen LogP) is 2.69. The van der Waals surface area contributed by atoms with E-state index < -0.39 is 0 Å². The molecule has 2 amide bonds. The van der Waals surface area contributed by atoms with Crippen molar-refractivity contribution in [1.82, 2.24) is 10.6 Å². The first-order chi connectivity index (χ1) is 11.3. The van der Waals surface area contributed by atoms with E-state index in [2.05, 4.69) is 34.9 Å². The summed E-state index contributed by atoms with van der Waals surface area (Å²) in [6, 6.07) is 20.3. The van der Waals surface area contributed by atoms with E-state index in [-0.39, 0.29) is 18.6 Å². The van der Waals surface area contributed by atoms with Crippen LogP contribution >= 0.6 is 0 Å². The maximum absolute atomic E-state index is 11.8. The molecule has 2 aromatic rings. The van der Waals surface area contributed by atoms with Gasteiger partial charge in [0.15, 0.2) is 0 Å². The normalized spacial score (nSPS) is 11.7. The number of nitrogens with one attached hydrogen (secondary N) is 2. The third kappa shape index (κ3) is 6.12. The van der Waals surface area contributed by atoms with Gasteiger partial charge in [-0.1, -0.05) is 60.7 Å². The van der Waals surface area contributed by atoms with Crippen LogP contribution in [-0.2, 0) is 6.42 Å². The summed E-state index contributed by atoms with van der Waals surface area (Å²) in [6.45, 7) is 1.14. The van der Waals surface area contributed by atoms with Gasteiger partial charge >= 0.3 is 6.03 Å². The van der Waals surface area contributed by atoms with Crippen LogP contribution in [0.2, 0.25) is 0 Å². The summed E-state index contributed by atoms with van der Waals surface area (Å²) < 4.78 is 0. The second kappa shape index (κ2) is 9.64. The average Bonchev–Trinajstić information content (AvgIpc) is 2.60. The van der Waals surface area contributed by atoms with Crippen LogP contribution in [0.25, 0.3) is 0 Å². The third-order valence-corrected chi connectivity index (χ3v) is 3.73. The van der Waals surface area contributed by atoms with E-state index in [0.29, 0.717) is 19.5 Å². The minimum Gasteiger partial charge on any atom is -0.396 e. The van der Waals surface area contributed by atoms with Gasteiger partial charge in [-0.3, -0.25) is 0 Å². The molecule has 0 heterocycles. The van der Waals surface area contributed by atoms with Crippen molar-refractivity contribution in [2.75, 3.05) is 19.7 Å². The number of carbonyl (C=O) groups is 1. The monoisotopic (exact) mass is 312 g/mol. The molecule has 0 aliphatic carbocycles. The molecule has 0 aliphatic heterocycles. The van der Waals surface area contributed by atoms with Crippen molar-refractivity contribution < 1.29 is 9.90 Å². The molecule has 2 rings (SSSR count). The lowest BCUT2D eigenvalue weighted by molar-refractivity contribution is 0.237. The maximum Gasteiger partial charge on any atom is 0.314 e. The molecular formula is C19H24N2O2. The molecule has 0 aromatic heterocycles. The summed E-state index contributed by atoms with van der Waals surface area (Å²) in [5, 5.41) is 14.4. The van der Waals surface area contributed by atoms with Crippen LogP contribution in [0.4, 0.5) is 4.79 Å². The van der Waals surface area contributed by atoms with Crippen LogP contribution in [0, 0.1) is 0 Å². The third-order valence-electron chi connectivity index (χ3n) is 3.73. The molecule has 1 unspecified atom stereocenters. The zero-order valence-corrected chi connectivity index (χ0v) is 13.2. The quantitative estimate of drug-likeness (QED) is 0.656. The first-order valence-electron chi connectivity index (χ1n) is 8.01. The molecule has 2 aromatic carbocycles. The molecule has 4 heteroatoms. The first-order valence-corrected chi connectivity index (χ1v) is 8.01. The van der Waals surface area contributed by atoms with Gasteiger partial charge in [0, 0.05) is 25.6 Å². The fourth-order valence-electron chi connectivity index (χ4n) is 2.49. The Morgan fingerprint density at radius 2 is 1.61 bits per heavy atom. The first kappa shape index (κ1) is 17.0. The Kier molecular flexibility index (Phi) is 7.14. The number of aliphatic hydroxyl groups is 1. The standard InChI is InChI=1S/C19H24N2O2/c22-13-7-12-20-19(23)21-15-18(17-10-5-2-6-11-17)14-16-8-3-1-4-9-16/h1-6,8-11,18,22H,7,12-15H2,(H2,20,21,23). The lowest BCUT2D eigenvalue weighted by Crippen LogP contribution is -2.38. The van der Waals surface area contributed by atoms with Crippen molar-refractivity contribution in [3.8, 4) is 0 Å². The zero-order valence-electron chi connectivity index (χ0n) is 13.2. The fraction of sp³-hybridized carbons (Fsp3) is 0.316. The highest BCUT2D eigenvalue weighted by Crippen LogP contribution is 2.20. The molecule has 0 saturated heterocycles.